The van der Waals surface area contributed by atoms with E-state index in [1.807, 2.05) is 6.92 Å². The zero-order valence-electron chi connectivity index (χ0n) is 15.5. The Labute approximate surface area is 163 Å². The molecule has 0 aliphatic heterocycles. The molecule has 1 unspecified atom stereocenters. The van der Waals surface area contributed by atoms with Crippen molar-refractivity contribution in [2.45, 2.75) is 19.9 Å². The van der Waals surface area contributed by atoms with Crippen LogP contribution in [0.3, 0.4) is 0 Å². The molecule has 0 spiro atoms. The first-order chi connectivity index (χ1) is 13.0. The lowest BCUT2D eigenvalue weighted by Gasteiger charge is -2.17. The lowest BCUT2D eigenvalue weighted by atomic mass is 10.1. The van der Waals surface area contributed by atoms with Gasteiger partial charge in [-0.15, -0.1) is 0 Å². The van der Waals surface area contributed by atoms with E-state index in [4.69, 9.17) is 25.8 Å². The highest BCUT2D eigenvalue weighted by molar-refractivity contribution is 6.33. The lowest BCUT2D eigenvalue weighted by Crippen LogP contribution is -2.26. The molecule has 0 aromatic heterocycles. The molecule has 0 fully saturated rings. The van der Waals surface area contributed by atoms with E-state index < -0.39 is 5.97 Å². The summed E-state index contributed by atoms with van der Waals surface area (Å²) in [6.07, 6.45) is 0. The maximum atomic E-state index is 12.4. The highest BCUT2D eigenvalue weighted by Gasteiger charge is 2.16. The molecule has 27 heavy (non-hydrogen) atoms. The summed E-state index contributed by atoms with van der Waals surface area (Å²) in [5.41, 5.74) is 1.23. The molecule has 0 radical (unpaired) electrons. The second kappa shape index (κ2) is 9.83. The number of methoxy groups -OCH3 is 1. The Bertz CT molecular complexity index is 809. The Kier molecular flexibility index (Phi) is 7.49. The molecule has 2 aromatic rings. The van der Waals surface area contributed by atoms with Gasteiger partial charge in [0.1, 0.15) is 0 Å². The van der Waals surface area contributed by atoms with Gasteiger partial charge in [0.15, 0.2) is 18.1 Å². The molecular formula is C20H22ClNO5. The zero-order valence-corrected chi connectivity index (χ0v) is 16.2. The zero-order chi connectivity index (χ0) is 19.8. The summed E-state index contributed by atoms with van der Waals surface area (Å²) >= 11 is 6.06. The van der Waals surface area contributed by atoms with Gasteiger partial charge < -0.3 is 19.5 Å². The van der Waals surface area contributed by atoms with E-state index in [-0.39, 0.29) is 18.6 Å². The minimum Gasteiger partial charge on any atom is -0.493 e. The maximum Gasteiger partial charge on any atom is 0.344 e. The van der Waals surface area contributed by atoms with Crippen molar-refractivity contribution in [1.29, 1.82) is 0 Å². The van der Waals surface area contributed by atoms with Crippen LogP contribution >= 0.6 is 11.6 Å². The van der Waals surface area contributed by atoms with Crippen LogP contribution in [0.15, 0.2) is 42.5 Å². The summed E-state index contributed by atoms with van der Waals surface area (Å²) in [5.74, 6) is 0.147. The SMILES string of the molecule is CCOC(=O)COc1ccc(C(C)NC(=O)c2ccccc2Cl)cc1OC. The first-order valence-electron chi connectivity index (χ1n) is 8.48. The van der Waals surface area contributed by atoms with Gasteiger partial charge in [0.25, 0.3) is 5.91 Å². The van der Waals surface area contributed by atoms with Crippen molar-refractivity contribution in [1.82, 2.24) is 5.32 Å². The van der Waals surface area contributed by atoms with Crippen molar-refractivity contribution in [3.8, 4) is 11.5 Å². The Balaban J connectivity index is 2.08. The van der Waals surface area contributed by atoms with Crippen molar-refractivity contribution in [3.05, 3.63) is 58.6 Å². The van der Waals surface area contributed by atoms with Crippen molar-refractivity contribution in [2.75, 3.05) is 20.3 Å². The minimum absolute atomic E-state index is 0.206. The number of hydrogen-bond donors (Lipinski definition) is 1. The highest BCUT2D eigenvalue weighted by atomic mass is 35.5. The third-order valence-corrected chi connectivity index (χ3v) is 4.13. The molecule has 0 heterocycles. The Morgan fingerprint density at radius 2 is 1.89 bits per heavy atom. The van der Waals surface area contributed by atoms with E-state index in [1.165, 1.54) is 7.11 Å². The van der Waals surface area contributed by atoms with Gasteiger partial charge in [-0.25, -0.2) is 4.79 Å². The third kappa shape index (κ3) is 5.62. The van der Waals surface area contributed by atoms with E-state index in [1.54, 1.807) is 49.4 Å². The van der Waals surface area contributed by atoms with Crippen LogP contribution in [0.5, 0.6) is 11.5 Å². The van der Waals surface area contributed by atoms with Crippen LogP contribution in [0.25, 0.3) is 0 Å². The third-order valence-electron chi connectivity index (χ3n) is 3.80. The number of amides is 1. The van der Waals surface area contributed by atoms with Crippen LogP contribution in [0.2, 0.25) is 5.02 Å². The number of rotatable bonds is 8. The molecule has 0 bridgehead atoms. The fraction of sp³-hybridized carbons (Fsp3) is 0.300. The van der Waals surface area contributed by atoms with Gasteiger partial charge in [0.05, 0.1) is 30.3 Å². The average Bonchev–Trinajstić information content (AvgIpc) is 2.66. The number of esters is 1. The van der Waals surface area contributed by atoms with Crippen LogP contribution in [0.1, 0.15) is 35.8 Å². The highest BCUT2D eigenvalue weighted by Crippen LogP contribution is 2.30. The second-order valence-electron chi connectivity index (χ2n) is 5.68. The molecule has 7 heteroatoms. The minimum atomic E-state index is -0.455. The van der Waals surface area contributed by atoms with Crippen molar-refractivity contribution < 1.29 is 23.8 Å². The van der Waals surface area contributed by atoms with E-state index in [0.717, 1.165) is 5.56 Å². The summed E-state index contributed by atoms with van der Waals surface area (Å²) in [6.45, 7) is 3.66. The number of nitrogens with one attached hydrogen (secondary N) is 1. The molecule has 0 aliphatic carbocycles. The maximum absolute atomic E-state index is 12.4. The molecule has 6 nitrogen and oxygen atoms in total. The van der Waals surface area contributed by atoms with E-state index in [2.05, 4.69) is 5.32 Å². The summed E-state index contributed by atoms with van der Waals surface area (Å²) in [4.78, 5) is 23.8. The molecular weight excluding hydrogens is 370 g/mol. The lowest BCUT2D eigenvalue weighted by molar-refractivity contribution is -0.145. The van der Waals surface area contributed by atoms with Gasteiger partial charge in [-0.2, -0.15) is 0 Å². The number of halogens is 1. The summed E-state index contributed by atoms with van der Waals surface area (Å²) < 4.78 is 15.6. The molecule has 144 valence electrons. The molecule has 1 N–H and O–H groups in total. The topological polar surface area (TPSA) is 73.9 Å². The summed E-state index contributed by atoms with van der Waals surface area (Å²) in [6, 6.07) is 11.8. The van der Waals surface area contributed by atoms with E-state index >= 15 is 0 Å². The van der Waals surface area contributed by atoms with Crippen LogP contribution in [-0.4, -0.2) is 32.2 Å². The van der Waals surface area contributed by atoms with E-state index in [9.17, 15) is 9.59 Å². The van der Waals surface area contributed by atoms with Gasteiger partial charge >= 0.3 is 5.97 Å². The Morgan fingerprint density at radius 3 is 2.56 bits per heavy atom. The quantitative estimate of drug-likeness (QED) is 0.693. The standard InChI is InChI=1S/C20H22ClNO5/c1-4-26-19(23)12-27-17-10-9-14(11-18(17)25-3)13(2)22-20(24)15-7-5-6-8-16(15)21/h5-11,13H,4,12H2,1-3H3,(H,22,24). The number of carbonyl (C=O) groups excluding carboxylic acids is 2. The van der Waals surface area contributed by atoms with Gasteiger partial charge in [-0.1, -0.05) is 29.8 Å². The van der Waals surface area contributed by atoms with Crippen LogP contribution in [0.4, 0.5) is 0 Å². The largest absolute Gasteiger partial charge is 0.493 e. The number of ether oxygens (including phenoxy) is 3. The van der Waals surface area contributed by atoms with Crippen molar-refractivity contribution >= 4 is 23.5 Å². The molecule has 1 atom stereocenters. The Morgan fingerprint density at radius 1 is 1.15 bits per heavy atom. The monoisotopic (exact) mass is 391 g/mol. The summed E-state index contributed by atoms with van der Waals surface area (Å²) in [5, 5.41) is 3.29. The average molecular weight is 392 g/mol. The van der Waals surface area contributed by atoms with E-state index in [0.29, 0.717) is 28.7 Å². The van der Waals surface area contributed by atoms with Crippen LogP contribution < -0.4 is 14.8 Å². The fourth-order valence-corrected chi connectivity index (χ4v) is 2.64. The molecule has 2 rings (SSSR count). The number of carbonyl (C=O) groups is 2. The van der Waals surface area contributed by atoms with Crippen LogP contribution in [0, 0.1) is 0 Å². The predicted octanol–water partition coefficient (Wildman–Crippen LogP) is 3.78. The smallest absolute Gasteiger partial charge is 0.344 e. The van der Waals surface area contributed by atoms with Gasteiger partial charge in [-0.05, 0) is 43.7 Å². The molecule has 0 aliphatic rings. The van der Waals surface area contributed by atoms with Crippen molar-refractivity contribution in [3.63, 3.8) is 0 Å². The predicted molar refractivity (Wildman–Crippen MR) is 102 cm³/mol. The first-order valence-corrected chi connectivity index (χ1v) is 8.85. The number of hydrogen-bond acceptors (Lipinski definition) is 5. The fourth-order valence-electron chi connectivity index (χ4n) is 2.42. The normalized spacial score (nSPS) is 11.4. The second-order valence-corrected chi connectivity index (χ2v) is 6.09. The molecule has 2 aromatic carbocycles. The number of benzene rings is 2. The van der Waals surface area contributed by atoms with Gasteiger partial charge in [0.2, 0.25) is 0 Å². The molecule has 1 amide bonds. The Hall–Kier alpha value is -2.73. The molecule has 0 saturated carbocycles. The van der Waals surface area contributed by atoms with Crippen LogP contribution in [-0.2, 0) is 9.53 Å². The van der Waals surface area contributed by atoms with Gasteiger partial charge in [-0.3, -0.25) is 4.79 Å². The molecule has 0 saturated heterocycles. The van der Waals surface area contributed by atoms with Gasteiger partial charge in [0, 0.05) is 0 Å². The van der Waals surface area contributed by atoms with Crippen molar-refractivity contribution in [2.24, 2.45) is 0 Å². The first kappa shape index (κ1) is 20.6. The summed E-state index contributed by atoms with van der Waals surface area (Å²) in [7, 11) is 1.50.